The molecule has 0 radical (unpaired) electrons. The summed E-state index contributed by atoms with van der Waals surface area (Å²) in [6.07, 6.45) is -0.0819. The molecule has 5 rings (SSSR count). The minimum absolute atomic E-state index is 0.0378. The van der Waals surface area contributed by atoms with Gasteiger partial charge in [0.25, 0.3) is 0 Å². The maximum absolute atomic E-state index is 14.0. The Bertz CT molecular complexity index is 1470. The summed E-state index contributed by atoms with van der Waals surface area (Å²) in [6, 6.07) is 20.1. The fourth-order valence-corrected chi connectivity index (χ4v) is 6.12. The summed E-state index contributed by atoms with van der Waals surface area (Å²) in [5, 5.41) is 23.8. The van der Waals surface area contributed by atoms with Crippen LogP contribution in [0, 0.1) is 11.8 Å². The van der Waals surface area contributed by atoms with E-state index in [-0.39, 0.29) is 18.8 Å². The molecule has 0 spiro atoms. The van der Waals surface area contributed by atoms with E-state index in [1.807, 2.05) is 30.3 Å². The van der Waals surface area contributed by atoms with Crippen LogP contribution in [0.25, 0.3) is 0 Å². The van der Waals surface area contributed by atoms with Gasteiger partial charge in [-0.15, -0.1) is 0 Å². The monoisotopic (exact) mass is 558 g/mol. The number of nitrogens with one attached hydrogen (secondary N) is 1. The zero-order valence-electron chi connectivity index (χ0n) is 23.5. The summed E-state index contributed by atoms with van der Waals surface area (Å²) in [4.78, 5) is 42.5. The van der Waals surface area contributed by atoms with E-state index in [0.29, 0.717) is 22.6 Å². The predicted octanol–water partition coefficient (Wildman–Crippen LogP) is 4.09. The Balaban J connectivity index is 1.64. The van der Waals surface area contributed by atoms with Gasteiger partial charge in [0.2, 0.25) is 11.8 Å². The number of ether oxygens (including phenoxy) is 2. The van der Waals surface area contributed by atoms with E-state index < -0.39 is 46.7 Å². The molecule has 0 saturated carbocycles. The van der Waals surface area contributed by atoms with E-state index in [4.69, 9.17) is 9.47 Å². The summed E-state index contributed by atoms with van der Waals surface area (Å²) in [6.45, 7) is 5.49. The lowest BCUT2D eigenvalue weighted by Gasteiger charge is -2.35. The van der Waals surface area contributed by atoms with Crippen LogP contribution in [-0.2, 0) is 27.4 Å². The number of methoxy groups -OCH3 is 1. The van der Waals surface area contributed by atoms with Crippen molar-refractivity contribution in [3.05, 3.63) is 89.5 Å². The fraction of sp³-hybridized carbons (Fsp3) is 0.344. The first-order valence-corrected chi connectivity index (χ1v) is 13.5. The van der Waals surface area contributed by atoms with Crippen molar-refractivity contribution in [3.63, 3.8) is 0 Å². The summed E-state index contributed by atoms with van der Waals surface area (Å²) < 4.78 is 11.9. The Morgan fingerprint density at radius 2 is 1.63 bits per heavy atom. The van der Waals surface area contributed by atoms with E-state index in [1.165, 1.54) is 24.1 Å². The number of hydrogen-bond donors (Lipinski definition) is 3. The third-order valence-electron chi connectivity index (χ3n) is 7.92. The number of amides is 2. The van der Waals surface area contributed by atoms with Gasteiger partial charge in [0.1, 0.15) is 17.9 Å². The average molecular weight is 559 g/mol. The van der Waals surface area contributed by atoms with E-state index in [0.717, 1.165) is 5.56 Å². The Labute approximate surface area is 238 Å². The van der Waals surface area contributed by atoms with E-state index >= 15 is 0 Å². The van der Waals surface area contributed by atoms with Gasteiger partial charge in [-0.05, 0) is 50.1 Å². The highest BCUT2D eigenvalue weighted by molar-refractivity contribution is 6.10. The molecule has 2 fully saturated rings. The quantitative estimate of drug-likeness (QED) is 0.353. The minimum Gasteiger partial charge on any atom is -0.508 e. The Kier molecular flexibility index (Phi) is 7.25. The molecule has 2 amide bonds. The number of carboxylic acid groups (broad SMARTS) is 1. The number of fused-ring (bicyclic) bond motifs is 1. The van der Waals surface area contributed by atoms with Crippen molar-refractivity contribution in [3.8, 4) is 17.2 Å². The average Bonchev–Trinajstić information content (AvgIpc) is 3.42. The van der Waals surface area contributed by atoms with E-state index in [9.17, 15) is 24.6 Å². The van der Waals surface area contributed by atoms with E-state index in [2.05, 4.69) is 5.32 Å². The number of nitrogens with zero attached hydrogens (tertiary/aromatic N) is 1. The maximum Gasteiger partial charge on any atom is 0.325 e. The molecule has 2 heterocycles. The zero-order valence-corrected chi connectivity index (χ0v) is 23.5. The molecule has 0 aliphatic carbocycles. The van der Waals surface area contributed by atoms with E-state index in [1.54, 1.807) is 51.1 Å². The van der Waals surface area contributed by atoms with Gasteiger partial charge in [-0.1, -0.05) is 54.6 Å². The molecule has 41 heavy (non-hydrogen) atoms. The number of carbonyl (C=O) groups is 3. The van der Waals surface area contributed by atoms with Crippen molar-refractivity contribution in [1.29, 1.82) is 0 Å². The molecular formula is C32H34N2O7. The molecule has 9 heteroatoms. The molecule has 4 atom stereocenters. The highest BCUT2D eigenvalue weighted by Crippen LogP contribution is 2.53. The lowest BCUT2D eigenvalue weighted by molar-refractivity contribution is -0.153. The fourth-order valence-electron chi connectivity index (χ4n) is 6.12. The van der Waals surface area contributed by atoms with Crippen molar-refractivity contribution in [2.75, 3.05) is 7.11 Å². The van der Waals surface area contributed by atoms with Gasteiger partial charge in [0.15, 0.2) is 11.5 Å². The number of aliphatic carboxylic acids is 1. The zero-order chi connectivity index (χ0) is 29.5. The summed E-state index contributed by atoms with van der Waals surface area (Å²) >= 11 is 0. The van der Waals surface area contributed by atoms with Gasteiger partial charge >= 0.3 is 5.97 Å². The number of aromatic hydroxyl groups is 1. The lowest BCUT2D eigenvalue weighted by atomic mass is 9.76. The number of carbonyl (C=O) groups excluding carboxylic acids is 2. The molecule has 3 aromatic carbocycles. The number of benzene rings is 3. The van der Waals surface area contributed by atoms with Crippen LogP contribution in [0.3, 0.4) is 0 Å². The van der Waals surface area contributed by atoms with Crippen LogP contribution < -0.4 is 14.8 Å². The molecule has 2 aliphatic heterocycles. The normalized spacial score (nSPS) is 23.9. The van der Waals surface area contributed by atoms with Gasteiger partial charge in [0.05, 0.1) is 18.9 Å². The first-order chi connectivity index (χ1) is 19.5. The van der Waals surface area contributed by atoms with Crippen LogP contribution in [0.4, 0.5) is 0 Å². The SMILES string of the molecule is COc1cccc(C2NC(Cc3ccc(O)cc3)(C(=O)O)C3C(=O)N(C(C)(C)C)C(=O)C23)c1OCc1ccccc1. The van der Waals surface area contributed by atoms with Gasteiger partial charge in [0, 0.05) is 23.6 Å². The summed E-state index contributed by atoms with van der Waals surface area (Å²) in [7, 11) is 1.51. The largest absolute Gasteiger partial charge is 0.508 e. The third-order valence-corrected chi connectivity index (χ3v) is 7.92. The molecule has 4 unspecified atom stereocenters. The van der Waals surface area contributed by atoms with Gasteiger partial charge < -0.3 is 19.7 Å². The van der Waals surface area contributed by atoms with Gasteiger partial charge in [-0.3, -0.25) is 24.6 Å². The number of hydrogen-bond acceptors (Lipinski definition) is 7. The summed E-state index contributed by atoms with van der Waals surface area (Å²) in [5.74, 6) is -3.55. The van der Waals surface area contributed by atoms with Crippen LogP contribution in [0.1, 0.15) is 43.5 Å². The molecule has 3 aromatic rings. The predicted molar refractivity (Wildman–Crippen MR) is 150 cm³/mol. The van der Waals surface area contributed by atoms with Crippen molar-refractivity contribution in [2.45, 2.75) is 50.9 Å². The molecule has 9 nitrogen and oxygen atoms in total. The molecule has 214 valence electrons. The molecule has 2 saturated heterocycles. The minimum atomic E-state index is -1.81. The number of phenols is 1. The van der Waals surface area contributed by atoms with Crippen LogP contribution >= 0.6 is 0 Å². The highest BCUT2D eigenvalue weighted by atomic mass is 16.5. The lowest BCUT2D eigenvalue weighted by Crippen LogP contribution is -2.58. The third kappa shape index (κ3) is 4.91. The first-order valence-electron chi connectivity index (χ1n) is 13.5. The Morgan fingerprint density at radius 1 is 0.951 bits per heavy atom. The van der Waals surface area contributed by atoms with Crippen molar-refractivity contribution < 1.29 is 34.1 Å². The molecule has 0 aromatic heterocycles. The van der Waals surface area contributed by atoms with Gasteiger partial charge in [-0.25, -0.2) is 0 Å². The van der Waals surface area contributed by atoms with Crippen LogP contribution in [0.2, 0.25) is 0 Å². The molecule has 3 N–H and O–H groups in total. The Morgan fingerprint density at radius 3 is 2.24 bits per heavy atom. The number of carboxylic acids is 1. The smallest absolute Gasteiger partial charge is 0.325 e. The number of para-hydroxylation sites is 1. The molecule has 2 aliphatic rings. The van der Waals surface area contributed by atoms with Crippen LogP contribution in [0.5, 0.6) is 17.2 Å². The first kappa shape index (κ1) is 28.2. The Hall–Kier alpha value is -4.37. The summed E-state index contributed by atoms with van der Waals surface area (Å²) in [5.41, 5.74) is -0.621. The van der Waals surface area contributed by atoms with Crippen LogP contribution in [0.15, 0.2) is 72.8 Å². The standard InChI is InChI=1S/C32H34N2O7/c1-31(2,3)34-28(36)24-25(29(34)37)32(30(38)39,17-19-13-15-21(35)16-14-19)33-26(24)22-11-8-12-23(40-4)27(22)41-18-20-9-6-5-7-10-20/h5-16,24-26,33,35H,17-18H2,1-4H3,(H,38,39). The second kappa shape index (κ2) is 10.6. The molecule has 0 bridgehead atoms. The topological polar surface area (TPSA) is 125 Å². The second-order valence-corrected chi connectivity index (χ2v) is 11.6. The van der Waals surface area contributed by atoms with Crippen molar-refractivity contribution in [2.24, 2.45) is 11.8 Å². The molecular weight excluding hydrogens is 524 g/mol. The number of phenolic OH excluding ortho intramolecular Hbond substituents is 1. The maximum atomic E-state index is 14.0. The number of imide groups is 1. The number of rotatable bonds is 8. The van der Waals surface area contributed by atoms with Gasteiger partial charge in [-0.2, -0.15) is 0 Å². The van der Waals surface area contributed by atoms with Crippen molar-refractivity contribution >= 4 is 17.8 Å². The van der Waals surface area contributed by atoms with Crippen LogP contribution in [-0.4, -0.2) is 51.1 Å². The van der Waals surface area contributed by atoms with Crippen molar-refractivity contribution in [1.82, 2.24) is 10.2 Å². The highest BCUT2D eigenvalue weighted by Gasteiger charge is 2.69. The second-order valence-electron chi connectivity index (χ2n) is 11.6. The number of likely N-dealkylation sites (tertiary alicyclic amines) is 1.